The predicted octanol–water partition coefficient (Wildman–Crippen LogP) is 5.47. The molecule has 4 aromatic rings. The van der Waals surface area contributed by atoms with Crippen LogP contribution < -0.4 is 13.9 Å². The van der Waals surface area contributed by atoms with Crippen molar-refractivity contribution in [3.63, 3.8) is 0 Å². The van der Waals surface area contributed by atoms with Crippen LogP contribution in [0.1, 0.15) is 28.8 Å². The molecule has 212 valence electrons. The molecule has 0 N–H and O–H groups in total. The average molecular weight is 601 g/mol. The molecule has 0 bridgehead atoms. The van der Waals surface area contributed by atoms with E-state index in [0.29, 0.717) is 29.5 Å². The quantitative estimate of drug-likeness (QED) is 0.253. The van der Waals surface area contributed by atoms with Crippen molar-refractivity contribution in [2.75, 3.05) is 50.0 Å². The molecule has 0 aliphatic carbocycles. The third-order valence-electron chi connectivity index (χ3n) is 6.80. The van der Waals surface area contributed by atoms with Crippen LogP contribution in [-0.2, 0) is 16.4 Å². The van der Waals surface area contributed by atoms with Crippen LogP contribution in [0.2, 0.25) is 0 Å². The van der Waals surface area contributed by atoms with Crippen molar-refractivity contribution < 1.29 is 17.9 Å². The summed E-state index contributed by atoms with van der Waals surface area (Å²) in [5.74, 6) is 0.491. The lowest BCUT2D eigenvalue weighted by atomic mass is 10.0. The van der Waals surface area contributed by atoms with Crippen LogP contribution in [0.25, 0.3) is 10.2 Å². The molecular formula is C29H33ClN4O4S2. The Balaban J connectivity index is 0.00000370. The van der Waals surface area contributed by atoms with Crippen molar-refractivity contribution in [2.45, 2.75) is 24.2 Å². The van der Waals surface area contributed by atoms with Crippen molar-refractivity contribution in [3.8, 4) is 5.75 Å². The summed E-state index contributed by atoms with van der Waals surface area (Å²) in [7, 11) is 1.85. The van der Waals surface area contributed by atoms with Gasteiger partial charge in [0.2, 0.25) is 0 Å². The average Bonchev–Trinajstić information content (AvgIpc) is 3.37. The van der Waals surface area contributed by atoms with Gasteiger partial charge in [-0.25, -0.2) is 13.4 Å². The summed E-state index contributed by atoms with van der Waals surface area (Å²) in [5, 5.41) is 0.601. The molecule has 1 aliphatic rings. The van der Waals surface area contributed by atoms with Crippen molar-refractivity contribution in [2.24, 2.45) is 0 Å². The molecule has 1 amide bonds. The number of para-hydroxylation sites is 1. The van der Waals surface area contributed by atoms with Gasteiger partial charge in [0.25, 0.3) is 15.9 Å². The highest BCUT2D eigenvalue weighted by molar-refractivity contribution is 7.92. The number of ether oxygens (including phenoxy) is 1. The molecule has 8 nitrogen and oxygen atoms in total. The van der Waals surface area contributed by atoms with Gasteiger partial charge < -0.3 is 9.64 Å². The summed E-state index contributed by atoms with van der Waals surface area (Å²) in [6, 6.07) is 19.5. The topological polar surface area (TPSA) is 83.0 Å². The maximum Gasteiger partial charge on any atom is 0.264 e. The van der Waals surface area contributed by atoms with E-state index in [1.54, 1.807) is 24.1 Å². The van der Waals surface area contributed by atoms with Gasteiger partial charge in [-0.1, -0.05) is 29.5 Å². The van der Waals surface area contributed by atoms with Crippen LogP contribution in [0.3, 0.4) is 0 Å². The molecule has 0 saturated carbocycles. The van der Waals surface area contributed by atoms with Crippen LogP contribution in [0.5, 0.6) is 5.75 Å². The second kappa shape index (κ2) is 12.6. The van der Waals surface area contributed by atoms with Crippen molar-refractivity contribution in [3.05, 3.63) is 77.9 Å². The van der Waals surface area contributed by atoms with Gasteiger partial charge in [-0.15, -0.1) is 12.4 Å². The van der Waals surface area contributed by atoms with Crippen LogP contribution in [0.4, 0.5) is 10.8 Å². The molecule has 11 heteroatoms. The Morgan fingerprint density at radius 3 is 2.52 bits per heavy atom. The molecular weight excluding hydrogens is 568 g/mol. The summed E-state index contributed by atoms with van der Waals surface area (Å²) in [6.07, 6.45) is 2.39. The van der Waals surface area contributed by atoms with Gasteiger partial charge in [0.05, 0.1) is 27.9 Å². The van der Waals surface area contributed by atoms with Gasteiger partial charge in [-0.05, 0) is 87.9 Å². The Morgan fingerprint density at radius 2 is 1.80 bits per heavy atom. The number of methoxy groups -OCH3 is 1. The summed E-state index contributed by atoms with van der Waals surface area (Å²) >= 11 is 1.45. The van der Waals surface area contributed by atoms with Crippen molar-refractivity contribution in [1.29, 1.82) is 0 Å². The molecule has 0 radical (unpaired) electrons. The molecule has 2 heterocycles. The molecule has 0 saturated heterocycles. The number of hydrogen-bond donors (Lipinski definition) is 0. The van der Waals surface area contributed by atoms with Crippen LogP contribution >= 0.6 is 23.7 Å². The minimum Gasteiger partial charge on any atom is -0.497 e. The number of sulfonamides is 1. The highest BCUT2D eigenvalue weighted by Gasteiger charge is 2.29. The smallest absolute Gasteiger partial charge is 0.264 e. The van der Waals surface area contributed by atoms with Crippen LogP contribution in [0, 0.1) is 0 Å². The molecule has 1 aromatic heterocycles. The minimum absolute atomic E-state index is 0. The molecule has 0 spiro atoms. The molecule has 0 fully saturated rings. The Labute approximate surface area is 245 Å². The Kier molecular flexibility index (Phi) is 9.35. The second-order valence-electron chi connectivity index (χ2n) is 9.78. The second-order valence-corrected chi connectivity index (χ2v) is 12.6. The summed E-state index contributed by atoms with van der Waals surface area (Å²) in [4.78, 5) is 22.4. The van der Waals surface area contributed by atoms with E-state index in [4.69, 9.17) is 9.72 Å². The van der Waals surface area contributed by atoms with E-state index in [1.807, 2.05) is 56.6 Å². The first-order chi connectivity index (χ1) is 18.8. The van der Waals surface area contributed by atoms with E-state index in [0.717, 1.165) is 47.3 Å². The number of carbonyl (C=O) groups is 1. The van der Waals surface area contributed by atoms with E-state index < -0.39 is 10.0 Å². The normalized spacial score (nSPS) is 13.2. The standard InChI is InChI=1S/C29H32N4O4S2.ClH/c1-31(2)17-7-18-32(29-30-25-20-23(37-3)13-16-27(25)38-29)28(34)22-11-14-24(15-12-22)39(35,36)33-19-6-9-21-8-4-5-10-26(21)33;/h4-5,8,10-16,20H,6-7,9,17-19H2,1-3H3;1H. The zero-order valence-electron chi connectivity index (χ0n) is 22.7. The fourth-order valence-corrected chi connectivity index (χ4v) is 7.28. The number of carbonyl (C=O) groups excluding carboxylic acids is 1. The predicted molar refractivity (Wildman–Crippen MR) is 164 cm³/mol. The van der Waals surface area contributed by atoms with Gasteiger partial charge in [-0.3, -0.25) is 14.0 Å². The van der Waals surface area contributed by atoms with Crippen LogP contribution in [0.15, 0.2) is 71.6 Å². The number of thiazole rings is 1. The number of amides is 1. The number of nitrogens with zero attached hydrogens (tertiary/aromatic N) is 4. The third-order valence-corrected chi connectivity index (χ3v) is 9.69. The highest BCUT2D eigenvalue weighted by atomic mass is 35.5. The fourth-order valence-electron chi connectivity index (χ4n) is 4.77. The molecule has 1 aliphatic heterocycles. The molecule has 5 rings (SSSR count). The lowest BCUT2D eigenvalue weighted by Crippen LogP contribution is -2.35. The van der Waals surface area contributed by atoms with E-state index in [2.05, 4.69) is 4.90 Å². The van der Waals surface area contributed by atoms with E-state index in [-0.39, 0.29) is 23.2 Å². The number of rotatable bonds is 9. The molecule has 0 atom stereocenters. The Hall–Kier alpha value is -3.18. The molecule has 3 aromatic carbocycles. The summed E-state index contributed by atoms with van der Waals surface area (Å²) in [6.45, 7) is 1.73. The maximum absolute atomic E-state index is 13.7. The first kappa shape index (κ1) is 29.8. The number of fused-ring (bicyclic) bond motifs is 2. The SMILES string of the molecule is COc1ccc2sc(N(CCCN(C)C)C(=O)c3ccc(S(=O)(=O)N4CCCc5ccccc54)cc3)nc2c1.Cl. The Bertz CT molecular complexity index is 1590. The Morgan fingerprint density at radius 1 is 1.05 bits per heavy atom. The fraction of sp³-hybridized carbons (Fsp3) is 0.310. The van der Waals surface area contributed by atoms with Gasteiger partial charge in [0, 0.05) is 24.7 Å². The molecule has 40 heavy (non-hydrogen) atoms. The first-order valence-electron chi connectivity index (χ1n) is 12.9. The number of benzene rings is 3. The van der Waals surface area contributed by atoms with Gasteiger partial charge in [0.15, 0.2) is 5.13 Å². The van der Waals surface area contributed by atoms with Gasteiger partial charge in [-0.2, -0.15) is 0 Å². The highest BCUT2D eigenvalue weighted by Crippen LogP contribution is 2.34. The lowest BCUT2D eigenvalue weighted by molar-refractivity contribution is 0.0986. The number of anilines is 2. The number of aromatic nitrogens is 1. The maximum atomic E-state index is 13.7. The zero-order chi connectivity index (χ0) is 27.6. The monoisotopic (exact) mass is 600 g/mol. The first-order valence-corrected chi connectivity index (χ1v) is 15.2. The summed E-state index contributed by atoms with van der Waals surface area (Å²) < 4.78 is 34.9. The third kappa shape index (κ3) is 6.10. The van der Waals surface area contributed by atoms with Gasteiger partial charge >= 0.3 is 0 Å². The minimum atomic E-state index is -3.76. The van der Waals surface area contributed by atoms with E-state index >= 15 is 0 Å². The molecule has 0 unspecified atom stereocenters. The van der Waals surface area contributed by atoms with Crippen molar-refractivity contribution >= 4 is 60.7 Å². The lowest BCUT2D eigenvalue weighted by Gasteiger charge is -2.30. The van der Waals surface area contributed by atoms with Crippen molar-refractivity contribution in [1.82, 2.24) is 9.88 Å². The van der Waals surface area contributed by atoms with Crippen LogP contribution in [-0.4, -0.2) is 65.0 Å². The number of hydrogen-bond acceptors (Lipinski definition) is 7. The largest absolute Gasteiger partial charge is 0.497 e. The number of halogens is 1. The van der Waals surface area contributed by atoms with E-state index in [1.165, 1.54) is 27.8 Å². The van der Waals surface area contributed by atoms with Gasteiger partial charge in [0.1, 0.15) is 5.75 Å². The van der Waals surface area contributed by atoms with E-state index in [9.17, 15) is 13.2 Å². The summed E-state index contributed by atoms with van der Waals surface area (Å²) in [5.41, 5.74) is 2.93. The number of aryl methyl sites for hydroxylation is 1. The zero-order valence-corrected chi connectivity index (χ0v) is 25.2.